The zero-order valence-corrected chi connectivity index (χ0v) is 13.4. The maximum atomic E-state index is 11.7. The summed E-state index contributed by atoms with van der Waals surface area (Å²) >= 11 is 0. The third-order valence-electron chi connectivity index (χ3n) is 4.19. The molecule has 21 heavy (non-hydrogen) atoms. The molecular formula is C20H24O. The minimum Gasteiger partial charge on any atom is -0.302 e. The summed E-state index contributed by atoms with van der Waals surface area (Å²) in [5, 5.41) is 0. The fourth-order valence-electron chi connectivity index (χ4n) is 2.59. The van der Waals surface area contributed by atoms with Crippen LogP contribution in [-0.2, 0) is 16.6 Å². The van der Waals surface area contributed by atoms with E-state index < -0.39 is 5.41 Å². The number of aldehydes is 1. The number of benzene rings is 2. The molecule has 1 unspecified atom stereocenters. The van der Waals surface area contributed by atoms with Gasteiger partial charge in [0.15, 0.2) is 0 Å². The Morgan fingerprint density at radius 3 is 2.05 bits per heavy atom. The molecule has 0 aromatic heterocycles. The van der Waals surface area contributed by atoms with Crippen LogP contribution in [0.25, 0.3) is 0 Å². The molecule has 1 nitrogen and oxygen atoms in total. The van der Waals surface area contributed by atoms with E-state index >= 15 is 0 Å². The third-order valence-corrected chi connectivity index (χ3v) is 4.19. The number of aryl methyl sites for hydroxylation is 1. The van der Waals surface area contributed by atoms with Gasteiger partial charge in [-0.15, -0.1) is 0 Å². The highest BCUT2D eigenvalue weighted by atomic mass is 16.1. The van der Waals surface area contributed by atoms with Crippen LogP contribution < -0.4 is 0 Å². The first-order chi connectivity index (χ1) is 9.94. The molecule has 0 bridgehead atoms. The van der Waals surface area contributed by atoms with Gasteiger partial charge >= 0.3 is 0 Å². The Bertz CT molecular complexity index is 593. The van der Waals surface area contributed by atoms with E-state index in [-0.39, 0.29) is 0 Å². The van der Waals surface area contributed by atoms with E-state index in [2.05, 4.69) is 69.3 Å². The molecule has 1 heteroatoms. The zero-order chi connectivity index (χ0) is 15.5. The van der Waals surface area contributed by atoms with Crippen molar-refractivity contribution in [2.24, 2.45) is 0 Å². The summed E-state index contributed by atoms with van der Waals surface area (Å²) in [5.74, 6) is 0.536. The van der Waals surface area contributed by atoms with Gasteiger partial charge in [-0.1, -0.05) is 67.9 Å². The van der Waals surface area contributed by atoms with Gasteiger partial charge in [0.25, 0.3) is 0 Å². The van der Waals surface area contributed by atoms with Gasteiger partial charge in [-0.2, -0.15) is 0 Å². The first-order valence-electron chi connectivity index (χ1n) is 7.57. The quantitative estimate of drug-likeness (QED) is 0.718. The number of carbonyl (C=O) groups is 1. The maximum Gasteiger partial charge on any atom is 0.130 e. The van der Waals surface area contributed by atoms with E-state index in [1.165, 1.54) is 16.7 Å². The molecule has 0 amide bonds. The Morgan fingerprint density at radius 1 is 1.00 bits per heavy atom. The van der Waals surface area contributed by atoms with Gasteiger partial charge in [0.05, 0.1) is 5.41 Å². The summed E-state index contributed by atoms with van der Waals surface area (Å²) in [6.45, 7) is 8.46. The normalized spacial score (nSPS) is 14.0. The first-order valence-corrected chi connectivity index (χ1v) is 7.57. The highest BCUT2D eigenvalue weighted by Crippen LogP contribution is 2.27. The molecule has 0 heterocycles. The van der Waals surface area contributed by atoms with Crippen molar-refractivity contribution in [3.63, 3.8) is 0 Å². The molecule has 1 atom stereocenters. The molecule has 0 aliphatic carbocycles. The van der Waals surface area contributed by atoms with E-state index in [4.69, 9.17) is 0 Å². The second-order valence-corrected chi connectivity index (χ2v) is 6.47. The largest absolute Gasteiger partial charge is 0.302 e. The molecule has 0 aliphatic rings. The van der Waals surface area contributed by atoms with Crippen molar-refractivity contribution in [1.29, 1.82) is 0 Å². The molecule has 0 saturated heterocycles. The van der Waals surface area contributed by atoms with E-state index in [0.29, 0.717) is 5.92 Å². The lowest BCUT2D eigenvalue weighted by Gasteiger charge is -2.24. The van der Waals surface area contributed by atoms with Crippen molar-refractivity contribution in [2.45, 2.75) is 45.4 Å². The minimum atomic E-state index is -0.465. The van der Waals surface area contributed by atoms with E-state index in [1.54, 1.807) is 0 Å². The van der Waals surface area contributed by atoms with Crippen LogP contribution in [0.1, 0.15) is 48.9 Å². The number of carbonyl (C=O) groups excluding carboxylic acids is 1. The molecule has 0 radical (unpaired) electrons. The van der Waals surface area contributed by atoms with Crippen LogP contribution in [0.2, 0.25) is 0 Å². The fraction of sp³-hybridized carbons (Fsp3) is 0.350. The van der Waals surface area contributed by atoms with Crippen LogP contribution in [0.5, 0.6) is 0 Å². The smallest absolute Gasteiger partial charge is 0.130 e. The SMILES string of the molecule is Cc1ccc(C(C)(C=O)Cc2ccc(C(C)C)cc2)cc1. The molecule has 0 fully saturated rings. The molecule has 2 aromatic rings. The standard InChI is InChI=1S/C20H24O/c1-15(2)18-9-7-17(8-10-18)13-20(4,14-21)19-11-5-16(3)6-12-19/h5-12,14-15H,13H2,1-4H3. The summed E-state index contributed by atoms with van der Waals surface area (Å²) in [4.78, 5) is 11.7. The Kier molecular flexibility index (Phi) is 4.62. The lowest BCUT2D eigenvalue weighted by molar-refractivity contribution is -0.112. The second-order valence-electron chi connectivity index (χ2n) is 6.47. The van der Waals surface area contributed by atoms with Crippen molar-refractivity contribution in [3.8, 4) is 0 Å². The zero-order valence-electron chi connectivity index (χ0n) is 13.4. The average Bonchev–Trinajstić information content (AvgIpc) is 2.48. The molecule has 0 saturated carbocycles. The topological polar surface area (TPSA) is 17.1 Å². The highest BCUT2D eigenvalue weighted by molar-refractivity contribution is 5.68. The van der Waals surface area contributed by atoms with Gasteiger partial charge < -0.3 is 4.79 Å². The first kappa shape index (κ1) is 15.5. The second kappa shape index (κ2) is 6.26. The van der Waals surface area contributed by atoms with Crippen molar-refractivity contribution >= 4 is 6.29 Å². The Hall–Kier alpha value is -1.89. The van der Waals surface area contributed by atoms with Crippen LogP contribution in [-0.4, -0.2) is 6.29 Å². The molecule has 0 N–H and O–H groups in total. The molecule has 0 spiro atoms. The van der Waals surface area contributed by atoms with Gasteiger partial charge in [-0.05, 0) is 42.9 Å². The summed E-state index contributed by atoms with van der Waals surface area (Å²) in [6, 6.07) is 16.9. The van der Waals surface area contributed by atoms with Gasteiger partial charge in [0.1, 0.15) is 6.29 Å². The molecule has 0 aliphatic heterocycles. The summed E-state index contributed by atoms with van der Waals surface area (Å²) < 4.78 is 0. The van der Waals surface area contributed by atoms with Gasteiger partial charge in [0, 0.05) is 0 Å². The summed E-state index contributed by atoms with van der Waals surface area (Å²) in [5.41, 5.74) is 4.37. The van der Waals surface area contributed by atoms with Crippen molar-refractivity contribution in [3.05, 3.63) is 70.8 Å². The van der Waals surface area contributed by atoms with E-state index in [9.17, 15) is 4.79 Å². The highest BCUT2D eigenvalue weighted by Gasteiger charge is 2.26. The maximum absolute atomic E-state index is 11.7. The van der Waals surface area contributed by atoms with E-state index in [1.807, 2.05) is 6.92 Å². The van der Waals surface area contributed by atoms with Gasteiger partial charge in [-0.3, -0.25) is 0 Å². The van der Waals surface area contributed by atoms with Crippen LogP contribution in [0.4, 0.5) is 0 Å². The van der Waals surface area contributed by atoms with Gasteiger partial charge in [-0.25, -0.2) is 0 Å². The predicted octanol–water partition coefficient (Wildman–Crippen LogP) is 4.82. The van der Waals surface area contributed by atoms with Crippen molar-refractivity contribution in [1.82, 2.24) is 0 Å². The molecular weight excluding hydrogens is 256 g/mol. The lowest BCUT2D eigenvalue weighted by Crippen LogP contribution is -2.26. The monoisotopic (exact) mass is 280 g/mol. The Labute approximate surface area is 128 Å². The van der Waals surface area contributed by atoms with Crippen LogP contribution in [0.15, 0.2) is 48.5 Å². The molecule has 2 aromatic carbocycles. The molecule has 2 rings (SSSR count). The fourth-order valence-corrected chi connectivity index (χ4v) is 2.59. The number of rotatable bonds is 5. The van der Waals surface area contributed by atoms with Crippen molar-refractivity contribution < 1.29 is 4.79 Å². The van der Waals surface area contributed by atoms with Crippen LogP contribution >= 0.6 is 0 Å². The molecule has 110 valence electrons. The van der Waals surface area contributed by atoms with Gasteiger partial charge in [0.2, 0.25) is 0 Å². The number of hydrogen-bond donors (Lipinski definition) is 0. The number of hydrogen-bond acceptors (Lipinski definition) is 1. The lowest BCUT2D eigenvalue weighted by atomic mass is 9.78. The van der Waals surface area contributed by atoms with Crippen LogP contribution in [0, 0.1) is 6.92 Å². The third kappa shape index (κ3) is 3.60. The Morgan fingerprint density at radius 2 is 1.57 bits per heavy atom. The van der Waals surface area contributed by atoms with Crippen LogP contribution in [0.3, 0.4) is 0 Å². The average molecular weight is 280 g/mol. The Balaban J connectivity index is 2.25. The minimum absolute atomic E-state index is 0.465. The summed E-state index contributed by atoms with van der Waals surface area (Å²) in [7, 11) is 0. The predicted molar refractivity (Wildman–Crippen MR) is 88.8 cm³/mol. The van der Waals surface area contributed by atoms with E-state index in [0.717, 1.165) is 18.3 Å². The summed E-state index contributed by atoms with van der Waals surface area (Å²) in [6.07, 6.45) is 1.81. The van der Waals surface area contributed by atoms with Crippen molar-refractivity contribution in [2.75, 3.05) is 0 Å².